The van der Waals surface area contributed by atoms with Crippen molar-refractivity contribution < 1.29 is 64.6 Å². The zero-order valence-corrected chi connectivity index (χ0v) is 46.8. The minimum atomic E-state index is -4.22. The Hall–Kier alpha value is -7.32. The molecule has 77 heavy (non-hydrogen) atoms. The van der Waals surface area contributed by atoms with E-state index in [0.29, 0.717) is 56.0 Å². The highest BCUT2D eigenvalue weighted by molar-refractivity contribution is 7.90. The van der Waals surface area contributed by atoms with Crippen molar-refractivity contribution >= 4 is 67.4 Å². The molecule has 3 aromatic carbocycles. The number of aliphatic imine (C=N–C) groups is 1. The summed E-state index contributed by atoms with van der Waals surface area (Å²) < 4.78 is 75.0. The molecule has 0 aromatic heterocycles. The van der Waals surface area contributed by atoms with E-state index in [-0.39, 0.29) is 42.3 Å². The van der Waals surface area contributed by atoms with Gasteiger partial charge in [0, 0.05) is 26.2 Å². The molecular formula is C51H70N10O14S2. The largest absolute Gasteiger partial charge is 0.496 e. The topological polar surface area (TPSA) is 341 Å². The third kappa shape index (κ3) is 15.7. The van der Waals surface area contributed by atoms with Gasteiger partial charge in [-0.1, -0.05) is 24.3 Å². The van der Waals surface area contributed by atoms with Gasteiger partial charge in [-0.15, -0.1) is 0 Å². The Morgan fingerprint density at radius 1 is 0.740 bits per heavy atom. The smallest absolute Gasteiger partial charge is 0.308 e. The van der Waals surface area contributed by atoms with E-state index in [0.717, 1.165) is 4.90 Å². The van der Waals surface area contributed by atoms with Gasteiger partial charge in [0.1, 0.15) is 41.3 Å². The number of esters is 1. The van der Waals surface area contributed by atoms with Crippen molar-refractivity contribution in [3.8, 4) is 11.5 Å². The number of nitrogens with two attached hydrogens (primary N) is 1. The first-order valence-electron chi connectivity index (χ1n) is 24.6. The van der Waals surface area contributed by atoms with Gasteiger partial charge in [-0.05, 0) is 132 Å². The van der Waals surface area contributed by atoms with Gasteiger partial charge in [-0.3, -0.25) is 38.6 Å². The number of amides is 6. The number of ether oxygens (including phenoxy) is 3. The van der Waals surface area contributed by atoms with Gasteiger partial charge in [-0.25, -0.2) is 26.3 Å². The molecule has 0 aliphatic carbocycles. The highest BCUT2D eigenvalue weighted by Gasteiger charge is 2.42. The van der Waals surface area contributed by atoms with Crippen LogP contribution in [0.5, 0.6) is 11.5 Å². The Morgan fingerprint density at radius 3 is 1.86 bits per heavy atom. The number of methoxy groups -OCH3 is 2. The molecule has 3 aliphatic rings. The van der Waals surface area contributed by atoms with Crippen molar-refractivity contribution in [2.24, 2.45) is 10.7 Å². The summed E-state index contributed by atoms with van der Waals surface area (Å²) in [4.78, 5) is 101. The molecule has 9 N–H and O–H groups in total. The van der Waals surface area contributed by atoms with Crippen LogP contribution in [0.3, 0.4) is 0 Å². The van der Waals surface area contributed by atoms with Crippen LogP contribution in [0.25, 0.3) is 0 Å². The normalized spacial score (nSPS) is 19.3. The molecule has 6 amide bonds. The van der Waals surface area contributed by atoms with Crippen molar-refractivity contribution in [2.45, 2.75) is 141 Å². The SMILES string of the molecule is COc1cc(C)c(S(=O)(=O)NCc2ccc(CN3C(=O)[C@@H]4CC(=O)N[C@@H](CCCN=C(N)NS(=O)(=O)c5c(C)cc(OC)c(C)c5C)C(=O)NCC(=O)N[C@@H](CC(=O)OC(C)(C)C)C(=O)NC[C@@H]3C(=O)N4)cc2)c(C)c1C. The molecule has 3 aromatic rings. The van der Waals surface area contributed by atoms with E-state index in [1.165, 1.54) is 14.2 Å². The Bertz CT molecular complexity index is 3050. The monoisotopic (exact) mass is 1110 g/mol. The molecule has 6 rings (SSSR count). The van der Waals surface area contributed by atoms with E-state index >= 15 is 0 Å². The molecule has 0 unspecified atom stereocenters. The first-order chi connectivity index (χ1) is 36.0. The summed E-state index contributed by atoms with van der Waals surface area (Å²) in [5.74, 6) is -5.31. The lowest BCUT2D eigenvalue weighted by molar-refractivity contribution is -0.156. The Labute approximate surface area is 448 Å². The van der Waals surface area contributed by atoms with Crippen LogP contribution in [0.2, 0.25) is 0 Å². The quantitative estimate of drug-likeness (QED) is 0.0321. The van der Waals surface area contributed by atoms with Gasteiger partial charge < -0.3 is 51.4 Å². The summed E-state index contributed by atoms with van der Waals surface area (Å²) in [7, 11) is -5.23. The predicted molar refractivity (Wildman–Crippen MR) is 282 cm³/mol. The lowest BCUT2D eigenvalue weighted by atomic mass is 10.0. The van der Waals surface area contributed by atoms with E-state index in [1.54, 1.807) is 98.7 Å². The number of guanidine groups is 1. The number of nitrogens with one attached hydrogen (secondary N) is 7. The maximum atomic E-state index is 14.4. The maximum Gasteiger partial charge on any atom is 0.308 e. The fourth-order valence-corrected chi connectivity index (χ4v) is 11.9. The minimum Gasteiger partial charge on any atom is -0.496 e. The van der Waals surface area contributed by atoms with Crippen molar-refractivity contribution in [2.75, 3.05) is 33.9 Å². The average molecular weight is 1110 g/mol. The Morgan fingerprint density at radius 2 is 1.29 bits per heavy atom. The first-order valence-corrected chi connectivity index (χ1v) is 27.6. The molecule has 3 saturated heterocycles. The van der Waals surface area contributed by atoms with E-state index in [4.69, 9.17) is 19.9 Å². The summed E-state index contributed by atoms with van der Waals surface area (Å²) in [6.07, 6.45) is -1.45. The molecule has 3 fully saturated rings. The minimum absolute atomic E-state index is 0.0110. The van der Waals surface area contributed by atoms with Crippen LogP contribution >= 0.6 is 0 Å². The molecule has 2 bridgehead atoms. The maximum absolute atomic E-state index is 14.4. The highest BCUT2D eigenvalue weighted by Crippen LogP contribution is 2.32. The molecule has 24 nitrogen and oxygen atoms in total. The number of hydrogen-bond acceptors (Lipinski definition) is 15. The summed E-state index contributed by atoms with van der Waals surface area (Å²) in [6.45, 7) is 13.2. The lowest BCUT2D eigenvalue weighted by Crippen LogP contribution is -2.66. The molecule has 0 spiro atoms. The van der Waals surface area contributed by atoms with E-state index < -0.39 is 123 Å². The van der Waals surface area contributed by atoms with Crippen LogP contribution in [0.4, 0.5) is 0 Å². The zero-order valence-electron chi connectivity index (χ0n) is 45.1. The summed E-state index contributed by atoms with van der Waals surface area (Å²) in [5.41, 5.74) is 9.23. The van der Waals surface area contributed by atoms with Crippen LogP contribution < -0.4 is 51.2 Å². The average Bonchev–Trinajstić information content (AvgIpc) is 3.33. The van der Waals surface area contributed by atoms with Gasteiger partial charge in [0.15, 0.2) is 0 Å². The second-order valence-electron chi connectivity index (χ2n) is 19.8. The van der Waals surface area contributed by atoms with Gasteiger partial charge in [0.2, 0.25) is 51.4 Å². The van der Waals surface area contributed by atoms with E-state index in [9.17, 15) is 50.4 Å². The van der Waals surface area contributed by atoms with E-state index in [1.807, 2.05) is 0 Å². The Balaban J connectivity index is 1.38. The second-order valence-corrected chi connectivity index (χ2v) is 23.2. The third-order valence-corrected chi connectivity index (χ3v) is 16.2. The number of rotatable bonds is 16. The molecular weight excluding hydrogens is 1040 g/mol. The number of fused-ring (bicyclic) bond motifs is 14. The fraction of sp³-hybridized carbons (Fsp3) is 0.490. The molecule has 3 aliphatic heterocycles. The number of hydrogen-bond donors (Lipinski definition) is 8. The van der Waals surface area contributed by atoms with Crippen LogP contribution in [-0.2, 0) is 71.4 Å². The molecule has 420 valence electrons. The molecule has 26 heteroatoms. The van der Waals surface area contributed by atoms with Crippen LogP contribution in [0.15, 0.2) is 51.2 Å². The summed E-state index contributed by atoms with van der Waals surface area (Å²) >= 11 is 0. The molecule has 0 saturated carbocycles. The van der Waals surface area contributed by atoms with Crippen LogP contribution in [0.1, 0.15) is 91.0 Å². The first kappa shape index (κ1) is 60.5. The second kappa shape index (κ2) is 25.2. The fourth-order valence-electron chi connectivity index (χ4n) is 8.90. The summed E-state index contributed by atoms with van der Waals surface area (Å²) in [5, 5.41) is 12.5. The number of aryl methyl sites for hydroxylation is 2. The predicted octanol–water partition coefficient (Wildman–Crippen LogP) is 0.639. The van der Waals surface area contributed by atoms with Gasteiger partial charge in [-0.2, -0.15) is 0 Å². The summed E-state index contributed by atoms with van der Waals surface area (Å²) in [6, 6.07) is 3.93. The van der Waals surface area contributed by atoms with Gasteiger partial charge in [0.25, 0.3) is 10.0 Å². The van der Waals surface area contributed by atoms with Crippen molar-refractivity contribution in [1.82, 2.24) is 40.9 Å². The standard InChI is InChI=1S/C51H70N10O14S2/c1-27-19-39(73-10)29(3)31(5)44(27)76(69,70)56-23-33-14-16-34(17-15-33)26-61-38-24-54-47(66)36(22-43(64)75-51(7,8)9)58-42(63)25-55-46(65)35(57-41(62)21-37(49(61)68)59-48(38)67)13-12-18-53-50(52)60-77(71,72)45-28(2)20-40(74-11)30(4)32(45)6/h14-17,19-20,35-38,56H,12-13,18,21-26H2,1-11H3,(H,54,66)(H,55,65)(H,57,62)(H,58,63)(H,59,67)(H3,52,53,60)/t35-,36-,37-,38+/m0/s1. The van der Waals surface area contributed by atoms with Crippen molar-refractivity contribution in [3.63, 3.8) is 0 Å². The zero-order chi connectivity index (χ0) is 57.3. The number of sulfonamides is 2. The molecule has 4 atom stereocenters. The highest BCUT2D eigenvalue weighted by atomic mass is 32.2. The van der Waals surface area contributed by atoms with Crippen LogP contribution in [-0.4, -0.2) is 133 Å². The van der Waals surface area contributed by atoms with Crippen LogP contribution in [0, 0.1) is 41.5 Å². The number of carbonyl (C=O) groups is 7. The van der Waals surface area contributed by atoms with Crippen molar-refractivity contribution in [1.29, 1.82) is 0 Å². The number of nitrogens with zero attached hydrogens (tertiary/aromatic N) is 2. The Kier molecular flexibility index (Phi) is 19.8. The number of piperazine rings is 1. The van der Waals surface area contributed by atoms with E-state index in [2.05, 4.69) is 41.0 Å². The van der Waals surface area contributed by atoms with Crippen molar-refractivity contribution in [3.05, 3.63) is 80.9 Å². The third-order valence-electron chi connectivity index (χ3n) is 12.9. The lowest BCUT2D eigenvalue weighted by Gasteiger charge is -2.39. The van der Waals surface area contributed by atoms with Gasteiger partial charge >= 0.3 is 5.97 Å². The number of carbonyl (C=O) groups excluding carboxylic acids is 7. The number of benzene rings is 3. The van der Waals surface area contributed by atoms with Gasteiger partial charge in [0.05, 0.1) is 43.4 Å². The molecule has 0 radical (unpaired) electrons. The molecule has 3 heterocycles.